The first kappa shape index (κ1) is 30.8. The normalized spacial score (nSPS) is 17.7. The van der Waals surface area contributed by atoms with Gasteiger partial charge in [0.05, 0.1) is 24.8 Å². The zero-order chi connectivity index (χ0) is 30.0. The van der Waals surface area contributed by atoms with Crippen LogP contribution in [0.5, 0.6) is 17.2 Å². The molecule has 1 unspecified atom stereocenters. The highest BCUT2D eigenvalue weighted by molar-refractivity contribution is 5.94. The Morgan fingerprint density at radius 2 is 1.77 bits per heavy atom. The van der Waals surface area contributed by atoms with E-state index in [2.05, 4.69) is 25.6 Å². The number of rotatable bonds is 13. The van der Waals surface area contributed by atoms with Crippen LogP contribution in [-0.4, -0.2) is 92.7 Å². The number of piperazine rings is 1. The maximum Gasteiger partial charge on any atom is 0.265 e. The van der Waals surface area contributed by atoms with Gasteiger partial charge in [-0.05, 0) is 70.0 Å². The zero-order valence-corrected chi connectivity index (χ0v) is 25.5. The number of hydrogen-bond donors (Lipinski definition) is 2. The molecule has 2 aromatic carbocycles. The van der Waals surface area contributed by atoms with E-state index in [9.17, 15) is 4.79 Å². The van der Waals surface area contributed by atoms with Gasteiger partial charge in [-0.1, -0.05) is 6.42 Å². The Bertz CT molecular complexity index is 1320. The van der Waals surface area contributed by atoms with Gasteiger partial charge in [0.25, 0.3) is 5.91 Å². The van der Waals surface area contributed by atoms with E-state index in [0.717, 1.165) is 35.4 Å². The topological polar surface area (TPSA) is 110 Å². The summed E-state index contributed by atoms with van der Waals surface area (Å²) in [6, 6.07) is 11.6. The van der Waals surface area contributed by atoms with E-state index >= 15 is 0 Å². The largest absolute Gasteiger partial charge is 0.491 e. The van der Waals surface area contributed by atoms with Crippen molar-refractivity contribution in [2.24, 2.45) is 0 Å². The van der Waals surface area contributed by atoms with Crippen molar-refractivity contribution in [2.75, 3.05) is 64.6 Å². The average Bonchev–Trinajstić information content (AvgIpc) is 3.02. The molecule has 5 rings (SSSR count). The number of aromatic nitrogens is 2. The van der Waals surface area contributed by atoms with E-state index in [0.29, 0.717) is 69.1 Å². The van der Waals surface area contributed by atoms with Crippen LogP contribution in [-0.2, 0) is 4.74 Å². The average molecular weight is 593 g/mol. The molecule has 2 aliphatic rings. The second-order valence-corrected chi connectivity index (χ2v) is 11.2. The molecule has 43 heavy (non-hydrogen) atoms. The van der Waals surface area contributed by atoms with E-state index in [-0.39, 0.29) is 12.0 Å². The Morgan fingerprint density at radius 3 is 2.49 bits per heavy atom. The summed E-state index contributed by atoms with van der Waals surface area (Å²) in [5.74, 6) is 2.79. The molecular weight excluding hydrogens is 548 g/mol. The van der Waals surface area contributed by atoms with Gasteiger partial charge in [0.1, 0.15) is 24.5 Å². The number of ether oxygens (including phenoxy) is 4. The van der Waals surface area contributed by atoms with Crippen molar-refractivity contribution >= 4 is 22.6 Å². The summed E-state index contributed by atoms with van der Waals surface area (Å²) in [5, 5.41) is 6.43. The highest BCUT2D eigenvalue weighted by atomic mass is 16.5. The molecule has 0 radical (unpaired) electrons. The molecule has 1 atom stereocenters. The molecule has 2 fully saturated rings. The van der Waals surface area contributed by atoms with Gasteiger partial charge in [0, 0.05) is 56.3 Å². The lowest BCUT2D eigenvalue weighted by atomic mass is 10.0. The van der Waals surface area contributed by atoms with Gasteiger partial charge in [-0.25, -0.2) is 15.0 Å². The van der Waals surface area contributed by atoms with Crippen molar-refractivity contribution < 1.29 is 23.7 Å². The molecule has 0 aliphatic carbocycles. The summed E-state index contributed by atoms with van der Waals surface area (Å²) in [4.78, 5) is 24.3. The molecule has 0 spiro atoms. The molecular formula is C32H44N6O5. The fourth-order valence-electron chi connectivity index (χ4n) is 5.44. The summed E-state index contributed by atoms with van der Waals surface area (Å²) >= 11 is 0. The fourth-order valence-corrected chi connectivity index (χ4v) is 5.44. The lowest BCUT2D eigenvalue weighted by molar-refractivity contribution is 0.0777. The third-order valence-corrected chi connectivity index (χ3v) is 7.69. The number of amides is 1. The molecule has 2 aliphatic heterocycles. The number of piperidine rings is 1. The van der Waals surface area contributed by atoms with E-state index < -0.39 is 0 Å². The number of nitrogens with one attached hydrogen (secondary N) is 2. The molecule has 3 heterocycles. The Morgan fingerprint density at radius 1 is 1.00 bits per heavy atom. The van der Waals surface area contributed by atoms with Crippen LogP contribution in [0.1, 0.15) is 49.9 Å². The first-order valence-corrected chi connectivity index (χ1v) is 15.3. The number of carbonyl (C=O) groups is 1. The molecule has 2 N–H and O–H groups in total. The molecule has 11 nitrogen and oxygen atoms in total. The number of methoxy groups -OCH3 is 1. The van der Waals surface area contributed by atoms with Gasteiger partial charge < -0.3 is 29.2 Å². The first-order valence-electron chi connectivity index (χ1n) is 15.3. The number of benzene rings is 2. The van der Waals surface area contributed by atoms with Crippen molar-refractivity contribution in [3.8, 4) is 17.2 Å². The molecule has 1 amide bonds. The maximum absolute atomic E-state index is 12.8. The minimum atomic E-state index is -0.137. The predicted octanol–water partition coefficient (Wildman–Crippen LogP) is 3.82. The summed E-state index contributed by atoms with van der Waals surface area (Å²) in [6.07, 6.45) is 6.33. The smallest absolute Gasteiger partial charge is 0.265 e. The summed E-state index contributed by atoms with van der Waals surface area (Å²) in [5.41, 5.74) is 4.43. The zero-order valence-electron chi connectivity index (χ0n) is 25.5. The quantitative estimate of drug-likeness (QED) is 0.284. The van der Waals surface area contributed by atoms with E-state index in [1.54, 1.807) is 25.6 Å². The highest BCUT2D eigenvalue weighted by Crippen LogP contribution is 2.35. The van der Waals surface area contributed by atoms with E-state index in [1.165, 1.54) is 19.3 Å². The van der Waals surface area contributed by atoms with Crippen molar-refractivity contribution in [1.29, 1.82) is 0 Å². The Kier molecular flexibility index (Phi) is 10.9. The summed E-state index contributed by atoms with van der Waals surface area (Å²) < 4.78 is 23.2. The summed E-state index contributed by atoms with van der Waals surface area (Å²) in [6.45, 7) is 9.22. The molecule has 232 valence electrons. The number of carbonyl (C=O) groups excluding carboxylic acids is 1. The Balaban J connectivity index is 1.23. The monoisotopic (exact) mass is 592 g/mol. The highest BCUT2D eigenvalue weighted by Gasteiger charge is 2.23. The van der Waals surface area contributed by atoms with E-state index in [1.807, 2.05) is 43.1 Å². The van der Waals surface area contributed by atoms with Crippen LogP contribution >= 0.6 is 0 Å². The number of nitrogens with zero attached hydrogens (tertiary/aromatic N) is 4. The number of anilines is 1. The van der Waals surface area contributed by atoms with Gasteiger partial charge in [-0.3, -0.25) is 10.2 Å². The second kappa shape index (κ2) is 15.2. The number of hydrazine groups is 1. The van der Waals surface area contributed by atoms with Crippen molar-refractivity contribution in [3.05, 3.63) is 48.3 Å². The van der Waals surface area contributed by atoms with Gasteiger partial charge >= 0.3 is 0 Å². The standard InChI is InChI=1S/C32H44N6O5/c1-23(2)43-26-9-7-24(8-10-26)32(39)36-38-15-13-37(14-16-38)31-27-20-29(42-19-18-40-3)30(21-28(27)34-22-35-31)41-17-11-25-6-4-5-12-33-25/h7-10,20-23,25,33H,4-6,11-19H2,1-3H3,(H,36,39). The number of hydrogen-bond acceptors (Lipinski definition) is 10. The minimum Gasteiger partial charge on any atom is -0.491 e. The SMILES string of the molecule is COCCOc1cc2c(N3CCN(NC(=O)c4ccc(OC(C)C)cc4)CC3)ncnc2cc1OCCC1CCCCN1. The molecule has 0 saturated carbocycles. The lowest BCUT2D eigenvalue weighted by Gasteiger charge is -2.35. The van der Waals surface area contributed by atoms with E-state index in [4.69, 9.17) is 18.9 Å². The molecule has 11 heteroatoms. The second-order valence-electron chi connectivity index (χ2n) is 11.2. The molecule has 0 bridgehead atoms. The van der Waals surface area contributed by atoms with Crippen LogP contribution in [0.15, 0.2) is 42.7 Å². The molecule has 1 aromatic heterocycles. The van der Waals surface area contributed by atoms with Crippen molar-refractivity contribution in [3.63, 3.8) is 0 Å². The Labute approximate surface area is 253 Å². The van der Waals surface area contributed by atoms with Crippen LogP contribution < -0.4 is 29.9 Å². The van der Waals surface area contributed by atoms with Gasteiger partial charge in [0.15, 0.2) is 11.5 Å². The molecule has 2 saturated heterocycles. The van der Waals surface area contributed by atoms with Gasteiger partial charge in [0.2, 0.25) is 0 Å². The van der Waals surface area contributed by atoms with Crippen LogP contribution in [0.25, 0.3) is 10.9 Å². The van der Waals surface area contributed by atoms with Crippen LogP contribution in [0.4, 0.5) is 5.82 Å². The van der Waals surface area contributed by atoms with Crippen molar-refractivity contribution in [2.45, 2.75) is 51.7 Å². The van der Waals surface area contributed by atoms with Gasteiger partial charge in [-0.15, -0.1) is 0 Å². The van der Waals surface area contributed by atoms with Crippen LogP contribution in [0.2, 0.25) is 0 Å². The third-order valence-electron chi connectivity index (χ3n) is 7.69. The first-order chi connectivity index (χ1) is 21.0. The number of fused-ring (bicyclic) bond motifs is 1. The Hall–Kier alpha value is -3.67. The van der Waals surface area contributed by atoms with Crippen LogP contribution in [0.3, 0.4) is 0 Å². The maximum atomic E-state index is 12.8. The van der Waals surface area contributed by atoms with Crippen LogP contribution in [0, 0.1) is 0 Å². The summed E-state index contributed by atoms with van der Waals surface area (Å²) in [7, 11) is 1.66. The lowest BCUT2D eigenvalue weighted by Crippen LogP contribution is -2.53. The minimum absolute atomic E-state index is 0.0851. The van der Waals surface area contributed by atoms with Gasteiger partial charge in [-0.2, -0.15) is 0 Å². The third kappa shape index (κ3) is 8.46. The molecule has 3 aromatic rings. The fraction of sp³-hybridized carbons (Fsp3) is 0.531. The predicted molar refractivity (Wildman–Crippen MR) is 166 cm³/mol. The van der Waals surface area contributed by atoms with Crippen molar-refractivity contribution in [1.82, 2.24) is 25.7 Å².